The molecule has 0 amide bonds. The third-order valence-electron chi connectivity index (χ3n) is 0.753. The number of rotatable bonds is 1. The molecule has 13 heavy (non-hydrogen) atoms. The molecule has 0 spiro atoms. The fraction of sp³-hybridized carbons (Fsp3) is 0.714. The third kappa shape index (κ3) is 9.82. The Morgan fingerprint density at radius 2 is 1.85 bits per heavy atom. The first-order chi connectivity index (χ1) is 5.35. The van der Waals surface area contributed by atoms with E-state index >= 15 is 0 Å². The molecule has 0 aromatic carbocycles. The van der Waals surface area contributed by atoms with Crippen molar-refractivity contribution in [3.8, 4) is 0 Å². The third-order valence-corrected chi connectivity index (χ3v) is 0.753. The van der Waals surface area contributed by atoms with Gasteiger partial charge in [-0.3, -0.25) is 4.79 Å². The van der Waals surface area contributed by atoms with Crippen LogP contribution in [-0.2, 0) is 14.3 Å². The molecule has 2 N–H and O–H groups in total. The molecule has 6 heteroatoms. The van der Waals surface area contributed by atoms with Gasteiger partial charge in [0.25, 0.3) is 0 Å². The van der Waals surface area contributed by atoms with E-state index in [2.05, 4.69) is 9.47 Å². The maximum atomic E-state index is 10.7. The van der Waals surface area contributed by atoms with E-state index in [1.807, 2.05) is 0 Å². The monoisotopic (exact) mass is 199 g/mol. The van der Waals surface area contributed by atoms with Crippen molar-refractivity contribution in [3.05, 3.63) is 0 Å². The quantitative estimate of drug-likeness (QED) is 0.288. The van der Waals surface area contributed by atoms with Gasteiger partial charge < -0.3 is 16.6 Å². The largest absolute Gasteiger partial charge is 1.00 e. The van der Waals surface area contributed by atoms with Crippen LogP contribution in [0.2, 0.25) is 0 Å². The van der Waals surface area contributed by atoms with Gasteiger partial charge >= 0.3 is 41.7 Å². The molecule has 0 saturated carbocycles. The van der Waals surface area contributed by atoms with Crippen molar-refractivity contribution in [2.45, 2.75) is 26.4 Å². The summed E-state index contributed by atoms with van der Waals surface area (Å²) in [4.78, 5) is 21.2. The predicted octanol–water partition coefficient (Wildman–Crippen LogP) is -2.46. The molecule has 0 aromatic rings. The molecule has 72 valence electrons. The van der Waals surface area contributed by atoms with Crippen LogP contribution >= 0.6 is 0 Å². The van der Waals surface area contributed by atoms with E-state index in [1.165, 1.54) is 0 Å². The number of carbonyl (C=O) groups excluding carboxylic acids is 2. The summed E-state index contributed by atoms with van der Waals surface area (Å²) in [5.41, 5.74) is 4.24. The average molecular weight is 199 g/mol. The Morgan fingerprint density at radius 3 is 2.15 bits per heavy atom. The van der Waals surface area contributed by atoms with E-state index in [-0.39, 0.29) is 37.5 Å². The Hall–Kier alpha value is -0.100. The van der Waals surface area contributed by atoms with Gasteiger partial charge in [-0.15, -0.1) is 0 Å². The van der Waals surface area contributed by atoms with Crippen LogP contribution in [0.5, 0.6) is 0 Å². The van der Waals surface area contributed by atoms with Crippen LogP contribution in [0.25, 0.3) is 0 Å². The molecule has 0 saturated heterocycles. The van der Waals surface area contributed by atoms with Crippen molar-refractivity contribution in [2.24, 2.45) is 5.73 Å². The molecule has 0 aliphatic carbocycles. The zero-order valence-corrected chi connectivity index (χ0v) is 10.4. The van der Waals surface area contributed by atoms with Crippen LogP contribution in [0.4, 0.5) is 4.79 Å². The summed E-state index contributed by atoms with van der Waals surface area (Å²) < 4.78 is 8.82. The number of carbonyl (C=O) groups is 2. The van der Waals surface area contributed by atoms with E-state index in [4.69, 9.17) is 5.73 Å². The van der Waals surface area contributed by atoms with Crippen molar-refractivity contribution in [2.75, 3.05) is 6.54 Å². The summed E-state index contributed by atoms with van der Waals surface area (Å²) >= 11 is 0. The van der Waals surface area contributed by atoms with Gasteiger partial charge in [-0.2, -0.15) is 0 Å². The van der Waals surface area contributed by atoms with E-state index in [1.54, 1.807) is 20.8 Å². The Kier molecular flexibility index (Phi) is 7.53. The molecule has 0 bridgehead atoms. The summed E-state index contributed by atoms with van der Waals surface area (Å²) in [6.45, 7) is 4.67. The van der Waals surface area contributed by atoms with Crippen LogP contribution in [0.3, 0.4) is 0 Å². The maximum absolute atomic E-state index is 10.7. The van der Waals surface area contributed by atoms with Gasteiger partial charge in [0.15, 0.2) is 0 Å². The van der Waals surface area contributed by atoms with Crippen molar-refractivity contribution >= 4 is 12.1 Å². The molecule has 0 radical (unpaired) electrons. The van der Waals surface area contributed by atoms with Gasteiger partial charge in [0.1, 0.15) is 5.60 Å². The van der Waals surface area contributed by atoms with Crippen molar-refractivity contribution < 1.29 is 50.0 Å². The van der Waals surface area contributed by atoms with Gasteiger partial charge in [-0.1, -0.05) is 0 Å². The standard InChI is InChI=1S/C7H13NO4.Na.H/c1-7(2,3)12-6(10)11-5(9)4-8;;/h4,8H2,1-3H3;;/q;+1;-1. The Bertz CT molecular complexity index is 193. The molecule has 0 atom stereocenters. The van der Waals surface area contributed by atoms with E-state index in [9.17, 15) is 9.59 Å². The Morgan fingerprint density at radius 1 is 1.38 bits per heavy atom. The summed E-state index contributed by atoms with van der Waals surface area (Å²) in [6, 6.07) is 0. The molecule has 0 aliphatic rings. The van der Waals surface area contributed by atoms with Crippen LogP contribution in [0, 0.1) is 0 Å². The fourth-order valence-corrected chi connectivity index (χ4v) is 0.405. The van der Waals surface area contributed by atoms with Crippen molar-refractivity contribution in [3.63, 3.8) is 0 Å². The van der Waals surface area contributed by atoms with Gasteiger partial charge in [0.2, 0.25) is 0 Å². The summed E-state index contributed by atoms with van der Waals surface area (Å²) in [5.74, 6) is -0.802. The van der Waals surface area contributed by atoms with Gasteiger partial charge in [-0.25, -0.2) is 4.79 Å². The average Bonchev–Trinajstić information content (AvgIpc) is 1.82. The molecular formula is C7H14NNaO4. The SMILES string of the molecule is CC(C)(C)OC(=O)OC(=O)CN.[H-].[Na+]. The summed E-state index contributed by atoms with van der Waals surface area (Å²) in [6.07, 6.45) is -1.02. The molecule has 0 unspecified atom stereocenters. The molecule has 0 rings (SSSR count). The van der Waals surface area contributed by atoms with E-state index in [0.29, 0.717) is 0 Å². The van der Waals surface area contributed by atoms with Crippen molar-refractivity contribution in [1.29, 1.82) is 0 Å². The van der Waals surface area contributed by atoms with Crippen LogP contribution in [0.1, 0.15) is 22.2 Å². The van der Waals surface area contributed by atoms with Crippen molar-refractivity contribution in [1.82, 2.24) is 0 Å². The predicted molar refractivity (Wildman–Crippen MR) is 42.5 cm³/mol. The second-order valence-corrected chi connectivity index (χ2v) is 3.14. The molecule has 5 nitrogen and oxygen atoms in total. The minimum absolute atomic E-state index is 0. The Balaban J connectivity index is -0.000000605. The Labute approximate surface area is 101 Å². The molecule has 0 fully saturated rings. The normalized spacial score (nSPS) is 9.85. The fourth-order valence-electron chi connectivity index (χ4n) is 0.405. The number of nitrogens with two attached hydrogens (primary N) is 1. The second kappa shape index (κ2) is 6.37. The van der Waals surface area contributed by atoms with E-state index in [0.717, 1.165) is 0 Å². The summed E-state index contributed by atoms with van der Waals surface area (Å²) in [5, 5.41) is 0. The smallest absolute Gasteiger partial charge is 1.00 e. The molecule has 0 aromatic heterocycles. The summed E-state index contributed by atoms with van der Waals surface area (Å²) in [7, 11) is 0. The first kappa shape index (κ1) is 15.4. The van der Waals surface area contributed by atoms with Gasteiger partial charge in [-0.05, 0) is 20.8 Å². The topological polar surface area (TPSA) is 78.6 Å². The van der Waals surface area contributed by atoms with E-state index < -0.39 is 17.7 Å². The number of hydrogen-bond donors (Lipinski definition) is 1. The number of esters is 1. The van der Waals surface area contributed by atoms with Crippen LogP contribution in [-0.4, -0.2) is 24.3 Å². The van der Waals surface area contributed by atoms with Gasteiger partial charge in [0.05, 0.1) is 6.54 Å². The zero-order valence-electron chi connectivity index (χ0n) is 9.42. The maximum Gasteiger partial charge on any atom is 1.00 e. The zero-order chi connectivity index (χ0) is 9.78. The second-order valence-electron chi connectivity index (χ2n) is 3.14. The van der Waals surface area contributed by atoms with Crippen LogP contribution in [0.15, 0.2) is 0 Å². The first-order valence-electron chi connectivity index (χ1n) is 3.49. The number of ether oxygens (including phenoxy) is 2. The minimum Gasteiger partial charge on any atom is -1.00 e. The molecule has 0 aliphatic heterocycles. The molecule has 0 heterocycles. The van der Waals surface area contributed by atoms with Gasteiger partial charge in [0, 0.05) is 0 Å². The number of hydrogen-bond acceptors (Lipinski definition) is 5. The minimum atomic E-state index is -1.02. The van der Waals surface area contributed by atoms with Crippen LogP contribution < -0.4 is 35.3 Å². The first-order valence-corrected chi connectivity index (χ1v) is 3.49. The molecular weight excluding hydrogens is 185 g/mol.